The number of halogens is 1. The van der Waals surface area contributed by atoms with Gasteiger partial charge in [-0.2, -0.15) is 0 Å². The number of nitrogens with zero attached hydrogens (tertiary/aromatic N) is 1. The summed E-state index contributed by atoms with van der Waals surface area (Å²) in [5, 5.41) is 0. The third kappa shape index (κ3) is 2.10. The number of benzene rings is 1. The number of rotatable bonds is 4. The Hall–Kier alpha value is -1.38. The van der Waals surface area contributed by atoms with Crippen LogP contribution in [-0.4, -0.2) is 19.9 Å². The first-order valence-electron chi connectivity index (χ1n) is 4.65. The van der Waals surface area contributed by atoms with E-state index in [0.29, 0.717) is 12.0 Å². The Bertz CT molecular complexity index is 325. The Morgan fingerprint density at radius 3 is 2.79 bits per heavy atom. The fraction of sp³-hybridized carbons (Fsp3) is 0.364. The molecule has 1 aromatic carbocycles. The lowest BCUT2D eigenvalue weighted by atomic mass is 10.1. The van der Waals surface area contributed by atoms with Crippen molar-refractivity contribution in [1.82, 2.24) is 0 Å². The predicted octanol–water partition coefficient (Wildman–Crippen LogP) is 2.48. The second kappa shape index (κ2) is 4.74. The third-order valence-corrected chi connectivity index (χ3v) is 2.12. The zero-order chi connectivity index (χ0) is 10.6. The lowest BCUT2D eigenvalue weighted by Crippen LogP contribution is -2.19. The van der Waals surface area contributed by atoms with Crippen molar-refractivity contribution >= 4 is 12.0 Å². The van der Waals surface area contributed by atoms with Gasteiger partial charge in [0.15, 0.2) is 6.29 Å². The highest BCUT2D eigenvalue weighted by atomic mass is 19.1. The van der Waals surface area contributed by atoms with Crippen molar-refractivity contribution < 1.29 is 9.18 Å². The average molecular weight is 195 g/mol. The molecule has 1 rings (SSSR count). The molecule has 76 valence electrons. The number of hydrogen-bond acceptors (Lipinski definition) is 2. The van der Waals surface area contributed by atoms with E-state index in [1.54, 1.807) is 12.1 Å². The summed E-state index contributed by atoms with van der Waals surface area (Å²) in [6.07, 6.45) is 1.53. The molecular formula is C11H14FNO. The first-order chi connectivity index (χ1) is 6.70. The highest BCUT2D eigenvalue weighted by Crippen LogP contribution is 2.20. The van der Waals surface area contributed by atoms with E-state index < -0.39 is 5.82 Å². The van der Waals surface area contributed by atoms with Crippen LogP contribution < -0.4 is 4.90 Å². The zero-order valence-corrected chi connectivity index (χ0v) is 8.46. The van der Waals surface area contributed by atoms with Crippen LogP contribution in [-0.2, 0) is 0 Å². The Morgan fingerprint density at radius 2 is 2.21 bits per heavy atom. The molecule has 0 aliphatic carbocycles. The largest absolute Gasteiger partial charge is 0.374 e. The van der Waals surface area contributed by atoms with Gasteiger partial charge in [-0.15, -0.1) is 0 Å². The minimum Gasteiger partial charge on any atom is -0.374 e. The van der Waals surface area contributed by atoms with E-state index in [0.717, 1.165) is 13.0 Å². The van der Waals surface area contributed by atoms with E-state index in [9.17, 15) is 9.18 Å². The second-order valence-corrected chi connectivity index (χ2v) is 3.21. The van der Waals surface area contributed by atoms with E-state index in [1.807, 2.05) is 18.9 Å². The van der Waals surface area contributed by atoms with E-state index in [4.69, 9.17) is 0 Å². The quantitative estimate of drug-likeness (QED) is 0.688. The van der Waals surface area contributed by atoms with Crippen LogP contribution in [0.3, 0.4) is 0 Å². The number of aldehydes is 1. The van der Waals surface area contributed by atoms with Crippen LogP contribution in [0.1, 0.15) is 23.7 Å². The van der Waals surface area contributed by atoms with Crippen LogP contribution in [0.4, 0.5) is 10.1 Å². The van der Waals surface area contributed by atoms with Crippen LogP contribution >= 0.6 is 0 Å². The molecular weight excluding hydrogens is 181 g/mol. The molecule has 1 aromatic rings. The molecule has 0 heterocycles. The highest BCUT2D eigenvalue weighted by molar-refractivity contribution is 5.84. The molecule has 3 heteroatoms. The summed E-state index contributed by atoms with van der Waals surface area (Å²) in [6.45, 7) is 2.85. The van der Waals surface area contributed by atoms with Gasteiger partial charge in [-0.3, -0.25) is 4.79 Å². The molecule has 2 nitrogen and oxygen atoms in total. The molecule has 0 saturated carbocycles. The van der Waals surface area contributed by atoms with Crippen molar-refractivity contribution in [3.05, 3.63) is 29.6 Å². The summed E-state index contributed by atoms with van der Waals surface area (Å²) < 4.78 is 13.2. The van der Waals surface area contributed by atoms with Gasteiger partial charge in [0, 0.05) is 19.3 Å². The molecule has 0 bridgehead atoms. The normalized spacial score (nSPS) is 9.93. The van der Waals surface area contributed by atoms with Gasteiger partial charge >= 0.3 is 0 Å². The first-order valence-corrected chi connectivity index (χ1v) is 4.65. The molecule has 0 saturated heterocycles. The maximum absolute atomic E-state index is 13.2. The van der Waals surface area contributed by atoms with Crippen LogP contribution in [0, 0.1) is 5.82 Å². The lowest BCUT2D eigenvalue weighted by molar-refractivity contribution is 0.112. The van der Waals surface area contributed by atoms with Crippen LogP contribution in [0.25, 0.3) is 0 Å². The maximum Gasteiger partial charge on any atom is 0.155 e. The standard InChI is InChI=1S/C11H14FNO/c1-3-7-13(2)11-6-4-5-10(12)9(11)8-14/h4-6,8H,3,7H2,1-2H3. The van der Waals surface area contributed by atoms with Crippen molar-refractivity contribution in [2.24, 2.45) is 0 Å². The van der Waals surface area contributed by atoms with Gasteiger partial charge in [0.25, 0.3) is 0 Å². The van der Waals surface area contributed by atoms with E-state index >= 15 is 0 Å². The van der Waals surface area contributed by atoms with E-state index in [1.165, 1.54) is 6.07 Å². The minimum absolute atomic E-state index is 0.142. The summed E-state index contributed by atoms with van der Waals surface area (Å²) >= 11 is 0. The molecule has 0 atom stereocenters. The molecule has 0 fully saturated rings. The second-order valence-electron chi connectivity index (χ2n) is 3.21. The molecule has 0 aromatic heterocycles. The number of hydrogen-bond donors (Lipinski definition) is 0. The molecule has 0 spiro atoms. The van der Waals surface area contributed by atoms with E-state index in [2.05, 4.69) is 0 Å². The van der Waals surface area contributed by atoms with Gasteiger partial charge in [0.1, 0.15) is 5.82 Å². The monoisotopic (exact) mass is 195 g/mol. The first kappa shape index (κ1) is 10.7. The average Bonchev–Trinajstić information content (AvgIpc) is 2.17. The fourth-order valence-corrected chi connectivity index (χ4v) is 1.43. The summed E-state index contributed by atoms with van der Waals surface area (Å²) in [4.78, 5) is 12.6. The topological polar surface area (TPSA) is 20.3 Å². The van der Waals surface area contributed by atoms with Gasteiger partial charge < -0.3 is 4.90 Å². The smallest absolute Gasteiger partial charge is 0.155 e. The van der Waals surface area contributed by atoms with Crippen LogP contribution in [0.2, 0.25) is 0 Å². The summed E-state index contributed by atoms with van der Waals surface area (Å²) in [6, 6.07) is 4.67. The highest BCUT2D eigenvalue weighted by Gasteiger charge is 2.09. The van der Waals surface area contributed by atoms with Gasteiger partial charge in [0.05, 0.1) is 5.56 Å². The molecule has 0 aliphatic heterocycles. The molecule has 0 aliphatic rings. The SMILES string of the molecule is CCCN(C)c1cccc(F)c1C=O. The van der Waals surface area contributed by atoms with Crippen molar-refractivity contribution in [2.45, 2.75) is 13.3 Å². The Labute approximate surface area is 83.3 Å². The van der Waals surface area contributed by atoms with Crippen LogP contribution in [0.15, 0.2) is 18.2 Å². The number of carbonyl (C=O) groups excluding carboxylic acids is 1. The Balaban J connectivity index is 3.06. The van der Waals surface area contributed by atoms with E-state index in [-0.39, 0.29) is 5.56 Å². The molecule has 0 N–H and O–H groups in total. The van der Waals surface area contributed by atoms with Gasteiger partial charge in [-0.1, -0.05) is 13.0 Å². The minimum atomic E-state index is -0.458. The van der Waals surface area contributed by atoms with Gasteiger partial charge in [-0.25, -0.2) is 4.39 Å². The third-order valence-electron chi connectivity index (χ3n) is 2.12. The van der Waals surface area contributed by atoms with Crippen molar-refractivity contribution in [3.8, 4) is 0 Å². The summed E-state index contributed by atoms with van der Waals surface area (Å²) in [5.41, 5.74) is 0.797. The van der Waals surface area contributed by atoms with Crippen molar-refractivity contribution in [1.29, 1.82) is 0 Å². The van der Waals surface area contributed by atoms with Crippen molar-refractivity contribution in [3.63, 3.8) is 0 Å². The van der Waals surface area contributed by atoms with Crippen molar-refractivity contribution in [2.75, 3.05) is 18.5 Å². The molecule has 14 heavy (non-hydrogen) atoms. The fourth-order valence-electron chi connectivity index (χ4n) is 1.43. The number of carbonyl (C=O) groups is 1. The summed E-state index contributed by atoms with van der Waals surface area (Å²) in [7, 11) is 1.85. The zero-order valence-electron chi connectivity index (χ0n) is 8.46. The summed E-state index contributed by atoms with van der Waals surface area (Å²) in [5.74, 6) is -0.458. The Morgan fingerprint density at radius 1 is 1.50 bits per heavy atom. The Kier molecular flexibility index (Phi) is 3.63. The molecule has 0 amide bonds. The molecule has 0 unspecified atom stereocenters. The van der Waals surface area contributed by atoms with Crippen LogP contribution in [0.5, 0.6) is 0 Å². The number of anilines is 1. The van der Waals surface area contributed by atoms with Gasteiger partial charge in [0.2, 0.25) is 0 Å². The molecule has 0 radical (unpaired) electrons. The lowest BCUT2D eigenvalue weighted by Gasteiger charge is -2.20. The van der Waals surface area contributed by atoms with Gasteiger partial charge in [-0.05, 0) is 18.6 Å². The predicted molar refractivity (Wildman–Crippen MR) is 55.3 cm³/mol. The maximum atomic E-state index is 13.2.